The molecule has 1 rings (SSSR count). The normalized spacial score (nSPS) is 10.1. The molecule has 0 bridgehead atoms. The molecule has 0 atom stereocenters. The van der Waals surface area contributed by atoms with Crippen LogP contribution in [-0.4, -0.2) is 4.98 Å². The van der Waals surface area contributed by atoms with Gasteiger partial charge >= 0.3 is 0 Å². The maximum absolute atomic E-state index is 5.21. The fourth-order valence-corrected chi connectivity index (χ4v) is 1.22. The van der Waals surface area contributed by atoms with Gasteiger partial charge in [0, 0.05) is 6.92 Å². The Kier molecular flexibility index (Phi) is 1.90. The maximum Gasteiger partial charge on any atom is 0.191 e. The zero-order valence-electron chi connectivity index (χ0n) is 5.44. The molecule has 1 aromatic rings. The number of rotatable bonds is 1. The first-order valence-electron chi connectivity index (χ1n) is 2.73. The van der Waals surface area contributed by atoms with Crippen molar-refractivity contribution in [3.8, 4) is 0 Å². The molecule has 0 aliphatic rings. The molecule has 50 valence electrons. The van der Waals surface area contributed by atoms with E-state index >= 15 is 0 Å². The van der Waals surface area contributed by atoms with E-state index in [-0.39, 0.29) is 0 Å². The van der Waals surface area contributed by atoms with Crippen LogP contribution in [0.4, 0.5) is 0 Å². The summed E-state index contributed by atoms with van der Waals surface area (Å²) in [6, 6.07) is 0. The van der Waals surface area contributed by atoms with Gasteiger partial charge in [-0.15, -0.1) is 0 Å². The highest BCUT2D eigenvalue weighted by molar-refractivity contribution is 9.08. The summed E-state index contributed by atoms with van der Waals surface area (Å²) in [6.45, 7) is 3.78. The molecule has 0 amide bonds. The fraction of sp³-hybridized carbons (Fsp3) is 0.500. The molecule has 1 heterocycles. The van der Waals surface area contributed by atoms with Crippen LogP contribution in [0.25, 0.3) is 0 Å². The zero-order chi connectivity index (χ0) is 6.85. The van der Waals surface area contributed by atoms with E-state index in [9.17, 15) is 0 Å². The summed E-state index contributed by atoms with van der Waals surface area (Å²) >= 11 is 3.29. The average Bonchev–Trinajstić information content (AvgIpc) is 2.10. The second-order valence-electron chi connectivity index (χ2n) is 1.88. The molecule has 3 heteroatoms. The van der Waals surface area contributed by atoms with Crippen molar-refractivity contribution in [2.45, 2.75) is 19.2 Å². The van der Waals surface area contributed by atoms with Crippen molar-refractivity contribution in [1.82, 2.24) is 4.98 Å². The van der Waals surface area contributed by atoms with E-state index < -0.39 is 0 Å². The Bertz CT molecular complexity index is 207. The number of alkyl halides is 1. The van der Waals surface area contributed by atoms with Crippen LogP contribution in [0.1, 0.15) is 17.3 Å². The van der Waals surface area contributed by atoms with Crippen LogP contribution in [0.3, 0.4) is 0 Å². The molecule has 2 nitrogen and oxygen atoms in total. The van der Waals surface area contributed by atoms with Crippen LogP contribution in [0, 0.1) is 13.8 Å². The lowest BCUT2D eigenvalue weighted by Gasteiger charge is -1.83. The van der Waals surface area contributed by atoms with Crippen LogP contribution in [0.15, 0.2) is 4.42 Å². The van der Waals surface area contributed by atoms with Crippen LogP contribution in [0.2, 0.25) is 0 Å². The molecule has 0 N–H and O–H groups in total. The summed E-state index contributed by atoms with van der Waals surface area (Å²) in [5, 5.41) is 0.750. The molecule has 0 spiro atoms. The Balaban J connectivity index is 3.01. The van der Waals surface area contributed by atoms with Crippen LogP contribution >= 0.6 is 15.9 Å². The highest BCUT2D eigenvalue weighted by Crippen LogP contribution is 2.11. The summed E-state index contributed by atoms with van der Waals surface area (Å²) in [6.07, 6.45) is 0. The summed E-state index contributed by atoms with van der Waals surface area (Å²) < 4.78 is 5.21. The Morgan fingerprint density at radius 1 is 1.56 bits per heavy atom. The van der Waals surface area contributed by atoms with Crippen LogP contribution in [0.5, 0.6) is 0 Å². The van der Waals surface area contributed by atoms with Crippen molar-refractivity contribution in [2.75, 3.05) is 0 Å². The lowest BCUT2D eigenvalue weighted by Crippen LogP contribution is -1.75. The third kappa shape index (κ3) is 1.33. The van der Waals surface area contributed by atoms with E-state index in [4.69, 9.17) is 4.42 Å². The number of halogens is 1. The molecule has 1 aromatic heterocycles. The highest BCUT2D eigenvalue weighted by atomic mass is 79.9. The van der Waals surface area contributed by atoms with Gasteiger partial charge < -0.3 is 4.42 Å². The Hall–Kier alpha value is -0.310. The molecule has 0 saturated carbocycles. The molecule has 0 aliphatic heterocycles. The van der Waals surface area contributed by atoms with Gasteiger partial charge in [0.2, 0.25) is 0 Å². The first-order valence-corrected chi connectivity index (χ1v) is 3.85. The molecular formula is C6H8BrNO. The number of nitrogens with zero attached hydrogens (tertiary/aromatic N) is 1. The summed E-state index contributed by atoms with van der Waals surface area (Å²) in [4.78, 5) is 4.09. The lowest BCUT2D eigenvalue weighted by atomic mass is 10.4. The molecule has 0 saturated heterocycles. The number of aryl methyl sites for hydroxylation is 2. The van der Waals surface area contributed by atoms with Gasteiger partial charge in [0.25, 0.3) is 0 Å². The van der Waals surface area contributed by atoms with E-state index in [1.54, 1.807) is 0 Å². The van der Waals surface area contributed by atoms with Crippen molar-refractivity contribution in [3.05, 3.63) is 17.3 Å². The van der Waals surface area contributed by atoms with Crippen LogP contribution < -0.4 is 0 Å². The quantitative estimate of drug-likeness (QED) is 0.634. The van der Waals surface area contributed by atoms with Crippen molar-refractivity contribution in [1.29, 1.82) is 0 Å². The standard InChI is InChI=1S/C6H8BrNO/c1-4-6(3-7)9-5(2)8-4/h3H2,1-2H3. The van der Waals surface area contributed by atoms with Gasteiger partial charge in [-0.25, -0.2) is 4.98 Å². The molecule has 0 aliphatic carbocycles. The second kappa shape index (κ2) is 2.52. The minimum absolute atomic E-state index is 0.738. The second-order valence-corrected chi connectivity index (χ2v) is 2.44. The van der Waals surface area contributed by atoms with Gasteiger partial charge in [-0.05, 0) is 6.92 Å². The van der Waals surface area contributed by atoms with E-state index in [0.717, 1.165) is 22.7 Å². The van der Waals surface area contributed by atoms with Crippen molar-refractivity contribution in [2.24, 2.45) is 0 Å². The number of hydrogen-bond acceptors (Lipinski definition) is 2. The first kappa shape index (κ1) is 6.81. The monoisotopic (exact) mass is 189 g/mol. The minimum atomic E-state index is 0.738. The fourth-order valence-electron chi connectivity index (χ4n) is 0.697. The van der Waals surface area contributed by atoms with Gasteiger partial charge in [-0.2, -0.15) is 0 Å². The predicted molar refractivity (Wildman–Crippen MR) is 38.6 cm³/mol. The molecule has 0 fully saturated rings. The van der Waals surface area contributed by atoms with Crippen LogP contribution in [-0.2, 0) is 5.33 Å². The van der Waals surface area contributed by atoms with Crippen molar-refractivity contribution in [3.63, 3.8) is 0 Å². The van der Waals surface area contributed by atoms with Gasteiger partial charge in [-0.1, -0.05) is 15.9 Å². The topological polar surface area (TPSA) is 26.0 Å². The van der Waals surface area contributed by atoms with Gasteiger partial charge in [0.1, 0.15) is 5.76 Å². The lowest BCUT2D eigenvalue weighted by molar-refractivity contribution is 0.491. The highest BCUT2D eigenvalue weighted by Gasteiger charge is 2.02. The molecule has 9 heavy (non-hydrogen) atoms. The van der Waals surface area contributed by atoms with E-state index in [1.807, 2.05) is 13.8 Å². The minimum Gasteiger partial charge on any atom is -0.445 e. The summed E-state index contributed by atoms with van der Waals surface area (Å²) in [5.41, 5.74) is 0.976. The maximum atomic E-state index is 5.21. The molecular weight excluding hydrogens is 182 g/mol. The van der Waals surface area contributed by atoms with Crippen molar-refractivity contribution < 1.29 is 4.42 Å². The Morgan fingerprint density at radius 3 is 2.44 bits per heavy atom. The number of hydrogen-bond donors (Lipinski definition) is 0. The van der Waals surface area contributed by atoms with Crippen molar-refractivity contribution >= 4 is 15.9 Å². The molecule has 0 aromatic carbocycles. The van der Waals surface area contributed by atoms with Gasteiger partial charge in [-0.3, -0.25) is 0 Å². The third-order valence-corrected chi connectivity index (χ3v) is 1.63. The van der Waals surface area contributed by atoms with E-state index in [2.05, 4.69) is 20.9 Å². The Morgan fingerprint density at radius 2 is 2.22 bits per heavy atom. The van der Waals surface area contributed by atoms with E-state index in [0.29, 0.717) is 0 Å². The molecule has 0 unspecified atom stereocenters. The number of aromatic nitrogens is 1. The Labute approximate surface area is 62.4 Å². The molecule has 0 radical (unpaired) electrons. The smallest absolute Gasteiger partial charge is 0.191 e. The largest absolute Gasteiger partial charge is 0.445 e. The first-order chi connectivity index (χ1) is 4.24. The summed E-state index contributed by atoms with van der Waals surface area (Å²) in [7, 11) is 0. The summed E-state index contributed by atoms with van der Waals surface area (Å²) in [5.74, 6) is 1.66. The predicted octanol–water partition coefficient (Wildman–Crippen LogP) is 2.19. The van der Waals surface area contributed by atoms with Gasteiger partial charge in [0.05, 0.1) is 11.0 Å². The third-order valence-electron chi connectivity index (χ3n) is 1.12. The van der Waals surface area contributed by atoms with Gasteiger partial charge in [0.15, 0.2) is 5.89 Å². The SMILES string of the molecule is Cc1nc(C)c(CBr)o1. The zero-order valence-corrected chi connectivity index (χ0v) is 7.03. The average molecular weight is 190 g/mol. The van der Waals surface area contributed by atoms with E-state index in [1.165, 1.54) is 0 Å². The number of oxazole rings is 1.